The summed E-state index contributed by atoms with van der Waals surface area (Å²) in [6, 6.07) is 6.03. The lowest BCUT2D eigenvalue weighted by Crippen LogP contribution is -1.79. The molecule has 0 nitrogen and oxygen atoms in total. The van der Waals surface area contributed by atoms with E-state index in [1.165, 1.54) is 11.1 Å². The van der Waals surface area contributed by atoms with E-state index in [0.29, 0.717) is 0 Å². The van der Waals surface area contributed by atoms with Crippen LogP contribution in [0.15, 0.2) is 18.2 Å². The van der Waals surface area contributed by atoms with Crippen LogP contribution in [0, 0.1) is 6.92 Å². The van der Waals surface area contributed by atoms with Gasteiger partial charge in [-0.3, -0.25) is 0 Å². The first kappa shape index (κ1) is 8.09. The highest BCUT2D eigenvalue weighted by Crippen LogP contribution is 2.16. The molecule has 1 aromatic carbocycles. The predicted octanol–water partition coefficient (Wildman–Crippen LogP) is 3.54. The smallest absolute Gasteiger partial charge is 0.0411 e. The molecule has 0 saturated carbocycles. The molecule has 0 aliphatic carbocycles. The zero-order valence-electron chi connectivity index (χ0n) is 5.70. The molecule has 54 valence electrons. The first-order chi connectivity index (χ1) is 4.72. The van der Waals surface area contributed by atoms with Crippen molar-refractivity contribution in [3.05, 3.63) is 34.3 Å². The second-order valence-electron chi connectivity index (χ2n) is 2.27. The van der Waals surface area contributed by atoms with E-state index >= 15 is 0 Å². The van der Waals surface area contributed by atoms with Crippen LogP contribution in [0.5, 0.6) is 0 Å². The molecule has 0 atom stereocenters. The van der Waals surface area contributed by atoms with Gasteiger partial charge in [0.1, 0.15) is 0 Å². The van der Waals surface area contributed by atoms with Crippen molar-refractivity contribution in [1.29, 1.82) is 0 Å². The molecule has 0 heterocycles. The van der Waals surface area contributed by atoms with Gasteiger partial charge in [-0.05, 0) is 30.2 Å². The van der Waals surface area contributed by atoms with Gasteiger partial charge in [-0.2, -0.15) is 0 Å². The molecular weight excluding hydrogens is 211 g/mol. The highest BCUT2D eigenvalue weighted by Gasteiger charge is 1.93. The zero-order chi connectivity index (χ0) is 7.56. The predicted molar refractivity (Wildman–Crippen MR) is 48.8 cm³/mol. The van der Waals surface area contributed by atoms with Gasteiger partial charge in [0.05, 0.1) is 0 Å². The molecular formula is C8H8BrCl. The molecule has 0 amide bonds. The van der Waals surface area contributed by atoms with Crippen LogP contribution in [0.2, 0.25) is 5.02 Å². The summed E-state index contributed by atoms with van der Waals surface area (Å²) in [6.07, 6.45) is 0. The normalized spacial score (nSPS) is 9.90. The molecule has 0 unspecified atom stereocenters. The summed E-state index contributed by atoms with van der Waals surface area (Å²) in [5.41, 5.74) is 2.44. The van der Waals surface area contributed by atoms with Crippen LogP contribution in [0.1, 0.15) is 11.1 Å². The Labute approximate surface area is 74.3 Å². The van der Waals surface area contributed by atoms with Crippen molar-refractivity contribution in [2.45, 2.75) is 12.3 Å². The Kier molecular flexibility index (Phi) is 2.75. The van der Waals surface area contributed by atoms with E-state index in [0.717, 1.165) is 10.4 Å². The second-order valence-corrected chi connectivity index (χ2v) is 3.27. The van der Waals surface area contributed by atoms with Crippen molar-refractivity contribution in [3.63, 3.8) is 0 Å². The molecule has 0 aliphatic rings. The summed E-state index contributed by atoms with van der Waals surface area (Å²) in [5.74, 6) is 0. The minimum Gasteiger partial charge on any atom is -0.0876 e. The molecule has 0 N–H and O–H groups in total. The first-order valence-electron chi connectivity index (χ1n) is 3.04. The van der Waals surface area contributed by atoms with Gasteiger partial charge in [-0.15, -0.1) is 0 Å². The number of aryl methyl sites for hydroxylation is 1. The van der Waals surface area contributed by atoms with Crippen LogP contribution in [0.25, 0.3) is 0 Å². The van der Waals surface area contributed by atoms with E-state index in [-0.39, 0.29) is 0 Å². The second kappa shape index (κ2) is 3.40. The quantitative estimate of drug-likeness (QED) is 0.634. The topological polar surface area (TPSA) is 0 Å². The molecule has 10 heavy (non-hydrogen) atoms. The Morgan fingerprint density at radius 3 is 2.60 bits per heavy atom. The van der Waals surface area contributed by atoms with Crippen molar-refractivity contribution in [2.75, 3.05) is 0 Å². The van der Waals surface area contributed by atoms with Crippen molar-refractivity contribution < 1.29 is 0 Å². The van der Waals surface area contributed by atoms with E-state index in [9.17, 15) is 0 Å². The summed E-state index contributed by atoms with van der Waals surface area (Å²) in [4.78, 5) is 0. The fraction of sp³-hybridized carbons (Fsp3) is 0.250. The lowest BCUT2D eigenvalue weighted by atomic mass is 10.2. The monoisotopic (exact) mass is 218 g/mol. The maximum Gasteiger partial charge on any atom is 0.0411 e. The van der Waals surface area contributed by atoms with Crippen molar-refractivity contribution in [2.24, 2.45) is 0 Å². The third-order valence-electron chi connectivity index (χ3n) is 1.26. The average Bonchev–Trinajstić information content (AvgIpc) is 1.85. The van der Waals surface area contributed by atoms with Crippen LogP contribution < -0.4 is 0 Å². The highest BCUT2D eigenvalue weighted by molar-refractivity contribution is 9.08. The molecule has 0 saturated heterocycles. The standard InChI is InChI=1S/C8H8BrCl/c1-6-2-7(5-9)4-8(10)3-6/h2-4H,5H2,1H3. The van der Waals surface area contributed by atoms with E-state index in [2.05, 4.69) is 22.0 Å². The largest absolute Gasteiger partial charge is 0.0876 e. The number of benzene rings is 1. The number of alkyl halides is 1. The van der Waals surface area contributed by atoms with Crippen LogP contribution in [0.3, 0.4) is 0 Å². The van der Waals surface area contributed by atoms with Crippen molar-refractivity contribution >= 4 is 27.5 Å². The molecule has 2 heteroatoms. The van der Waals surface area contributed by atoms with Crippen LogP contribution in [0.4, 0.5) is 0 Å². The van der Waals surface area contributed by atoms with Gasteiger partial charge in [-0.1, -0.05) is 33.6 Å². The maximum atomic E-state index is 5.81. The summed E-state index contributed by atoms with van der Waals surface area (Å²) in [5, 5.41) is 1.68. The number of hydrogen-bond donors (Lipinski definition) is 0. The molecule has 0 aliphatic heterocycles. The van der Waals surface area contributed by atoms with Gasteiger partial charge in [0.2, 0.25) is 0 Å². The first-order valence-corrected chi connectivity index (χ1v) is 4.54. The van der Waals surface area contributed by atoms with Crippen molar-refractivity contribution in [3.8, 4) is 0 Å². The minimum atomic E-state index is 0.814. The molecule has 0 bridgehead atoms. The van der Waals surface area contributed by atoms with Gasteiger partial charge in [0.25, 0.3) is 0 Å². The minimum absolute atomic E-state index is 0.814. The third kappa shape index (κ3) is 1.99. The van der Waals surface area contributed by atoms with Gasteiger partial charge in [0, 0.05) is 10.4 Å². The highest BCUT2D eigenvalue weighted by atomic mass is 79.9. The lowest BCUT2D eigenvalue weighted by Gasteiger charge is -1.98. The van der Waals surface area contributed by atoms with E-state index < -0.39 is 0 Å². The number of rotatable bonds is 1. The number of halogens is 2. The number of hydrogen-bond acceptors (Lipinski definition) is 0. The lowest BCUT2D eigenvalue weighted by molar-refractivity contribution is 1.37. The average molecular weight is 220 g/mol. The van der Waals surface area contributed by atoms with Gasteiger partial charge in [-0.25, -0.2) is 0 Å². The van der Waals surface area contributed by atoms with Crippen LogP contribution in [-0.4, -0.2) is 0 Å². The summed E-state index contributed by atoms with van der Waals surface area (Å²) in [6.45, 7) is 2.04. The van der Waals surface area contributed by atoms with Gasteiger partial charge < -0.3 is 0 Å². The SMILES string of the molecule is Cc1cc(Cl)cc(CBr)c1. The van der Waals surface area contributed by atoms with Crippen LogP contribution >= 0.6 is 27.5 Å². The van der Waals surface area contributed by atoms with E-state index in [1.807, 2.05) is 19.1 Å². The molecule has 1 aromatic rings. The molecule has 0 aromatic heterocycles. The zero-order valence-corrected chi connectivity index (χ0v) is 8.04. The third-order valence-corrected chi connectivity index (χ3v) is 2.12. The van der Waals surface area contributed by atoms with Gasteiger partial charge >= 0.3 is 0 Å². The molecule has 0 fully saturated rings. The molecule has 0 radical (unpaired) electrons. The Morgan fingerprint density at radius 1 is 1.40 bits per heavy atom. The fourth-order valence-electron chi connectivity index (χ4n) is 0.889. The van der Waals surface area contributed by atoms with Gasteiger partial charge in [0.15, 0.2) is 0 Å². The Bertz CT molecular complexity index is 212. The molecule has 1 rings (SSSR count). The maximum absolute atomic E-state index is 5.81. The molecule has 0 spiro atoms. The van der Waals surface area contributed by atoms with E-state index in [1.54, 1.807) is 0 Å². The summed E-state index contributed by atoms with van der Waals surface area (Å²) < 4.78 is 0. The summed E-state index contributed by atoms with van der Waals surface area (Å²) >= 11 is 9.18. The van der Waals surface area contributed by atoms with Crippen molar-refractivity contribution in [1.82, 2.24) is 0 Å². The Hall–Kier alpha value is -0.0100. The van der Waals surface area contributed by atoms with Crippen LogP contribution in [-0.2, 0) is 5.33 Å². The Balaban J connectivity index is 3.06. The fourth-order valence-corrected chi connectivity index (χ4v) is 1.53. The summed E-state index contributed by atoms with van der Waals surface area (Å²) in [7, 11) is 0. The Morgan fingerprint density at radius 2 is 2.10 bits per heavy atom. The van der Waals surface area contributed by atoms with E-state index in [4.69, 9.17) is 11.6 Å².